The Balaban J connectivity index is 2.77. The van der Waals surface area contributed by atoms with E-state index in [1.54, 1.807) is 0 Å². The van der Waals surface area contributed by atoms with Crippen molar-refractivity contribution in [3.05, 3.63) is 35.9 Å². The Hall–Kier alpha value is -1.65. The van der Waals surface area contributed by atoms with Gasteiger partial charge in [-0.25, -0.2) is 4.79 Å². The van der Waals surface area contributed by atoms with Gasteiger partial charge in [-0.3, -0.25) is 0 Å². The molecule has 1 aromatic carbocycles. The standard InChI is InChI=1S/C27H42O5Si/c1-11-23-27(25(28)29-10,32-26(8,9)30-23)24(18-17-22-15-13-12-14-16-22)31-33(19(2)3,20(4)5)21(6)7/h12-16,19-21,23-24H,11H2,1-10H3/t23-,24-,27+/m0/s1. The lowest BCUT2D eigenvalue weighted by Gasteiger charge is -2.46. The fourth-order valence-electron chi connectivity index (χ4n) is 5.48. The van der Waals surface area contributed by atoms with Crippen molar-refractivity contribution in [2.75, 3.05) is 7.11 Å². The molecular weight excluding hydrogens is 432 g/mol. The summed E-state index contributed by atoms with van der Waals surface area (Å²) in [6.07, 6.45) is -0.825. The van der Waals surface area contributed by atoms with Crippen LogP contribution in [-0.2, 0) is 23.4 Å². The van der Waals surface area contributed by atoms with Crippen LogP contribution < -0.4 is 0 Å². The van der Waals surface area contributed by atoms with E-state index in [2.05, 4.69) is 53.4 Å². The van der Waals surface area contributed by atoms with E-state index in [0.717, 1.165) is 5.56 Å². The number of methoxy groups -OCH3 is 1. The zero-order valence-corrected chi connectivity index (χ0v) is 23.0. The lowest BCUT2D eigenvalue weighted by molar-refractivity contribution is -0.198. The maximum Gasteiger partial charge on any atom is 0.344 e. The molecule has 1 aliphatic rings. The fourth-order valence-corrected chi connectivity index (χ4v) is 10.9. The summed E-state index contributed by atoms with van der Waals surface area (Å²) < 4.78 is 25.1. The Morgan fingerprint density at radius 1 is 1.06 bits per heavy atom. The molecule has 0 amide bonds. The molecule has 1 heterocycles. The highest BCUT2D eigenvalue weighted by Gasteiger charge is 2.65. The van der Waals surface area contributed by atoms with Crippen LogP contribution in [0.4, 0.5) is 0 Å². The first-order chi connectivity index (χ1) is 15.4. The van der Waals surface area contributed by atoms with Gasteiger partial charge in [-0.05, 0) is 49.0 Å². The Labute approximate surface area is 201 Å². The molecule has 0 bridgehead atoms. The van der Waals surface area contributed by atoms with Gasteiger partial charge in [-0.1, -0.05) is 78.5 Å². The van der Waals surface area contributed by atoms with Crippen LogP contribution in [0, 0.1) is 11.8 Å². The molecule has 5 nitrogen and oxygen atoms in total. The minimum Gasteiger partial charge on any atom is -0.467 e. The molecule has 6 heteroatoms. The lowest BCUT2D eigenvalue weighted by Crippen LogP contribution is -2.62. The highest BCUT2D eigenvalue weighted by molar-refractivity contribution is 6.77. The van der Waals surface area contributed by atoms with E-state index in [1.807, 2.05) is 51.1 Å². The van der Waals surface area contributed by atoms with Crippen LogP contribution in [0.5, 0.6) is 0 Å². The molecule has 1 fully saturated rings. The fraction of sp³-hybridized carbons (Fsp3) is 0.667. The van der Waals surface area contributed by atoms with E-state index >= 15 is 0 Å². The molecule has 0 aromatic heterocycles. The summed E-state index contributed by atoms with van der Waals surface area (Å²) in [5.74, 6) is 5.08. The maximum absolute atomic E-state index is 13.5. The Morgan fingerprint density at radius 3 is 2.06 bits per heavy atom. The van der Waals surface area contributed by atoms with E-state index in [-0.39, 0.29) is 0 Å². The van der Waals surface area contributed by atoms with Crippen LogP contribution in [0.25, 0.3) is 0 Å². The lowest BCUT2D eigenvalue weighted by atomic mass is 9.88. The third-order valence-corrected chi connectivity index (χ3v) is 12.8. The molecule has 184 valence electrons. The number of hydrogen-bond donors (Lipinski definition) is 0. The number of benzene rings is 1. The average molecular weight is 475 g/mol. The first-order valence-corrected chi connectivity index (χ1v) is 14.2. The number of rotatable bonds is 8. The molecule has 3 atom stereocenters. The Kier molecular flexibility index (Phi) is 8.97. The van der Waals surface area contributed by atoms with Crippen molar-refractivity contribution in [1.29, 1.82) is 0 Å². The molecule has 0 radical (unpaired) electrons. The topological polar surface area (TPSA) is 54.0 Å². The van der Waals surface area contributed by atoms with Gasteiger partial charge in [0.05, 0.1) is 7.11 Å². The van der Waals surface area contributed by atoms with Crippen molar-refractivity contribution >= 4 is 14.3 Å². The van der Waals surface area contributed by atoms with Gasteiger partial charge < -0.3 is 18.6 Å². The predicted octanol–water partition coefficient (Wildman–Crippen LogP) is 6.07. The summed E-state index contributed by atoms with van der Waals surface area (Å²) in [5, 5.41) is 0. The van der Waals surface area contributed by atoms with Gasteiger partial charge in [0, 0.05) is 5.56 Å². The molecule has 0 aliphatic carbocycles. The third-order valence-electron chi connectivity index (χ3n) is 6.73. The highest BCUT2D eigenvalue weighted by Crippen LogP contribution is 2.48. The van der Waals surface area contributed by atoms with E-state index < -0.39 is 37.9 Å². The monoisotopic (exact) mass is 474 g/mol. The molecule has 0 spiro atoms. The first-order valence-electron chi connectivity index (χ1n) is 12.1. The van der Waals surface area contributed by atoms with Gasteiger partial charge in [0.2, 0.25) is 13.9 Å². The number of hydrogen-bond acceptors (Lipinski definition) is 5. The Bertz CT molecular complexity index is 830. The van der Waals surface area contributed by atoms with Crippen LogP contribution in [-0.4, -0.2) is 45.0 Å². The quantitative estimate of drug-likeness (QED) is 0.260. The molecule has 0 unspecified atom stereocenters. The van der Waals surface area contributed by atoms with Crippen molar-refractivity contribution in [2.45, 2.75) is 109 Å². The summed E-state index contributed by atoms with van der Waals surface area (Å²) in [7, 11) is -1.06. The van der Waals surface area contributed by atoms with Crippen LogP contribution in [0.1, 0.15) is 74.3 Å². The third kappa shape index (κ3) is 5.38. The highest BCUT2D eigenvalue weighted by atomic mass is 28.4. The maximum atomic E-state index is 13.5. The number of carbonyl (C=O) groups excluding carboxylic acids is 1. The molecule has 1 aromatic rings. The van der Waals surface area contributed by atoms with Crippen LogP contribution in [0.2, 0.25) is 16.6 Å². The first kappa shape index (κ1) is 27.6. The van der Waals surface area contributed by atoms with Gasteiger partial charge >= 0.3 is 5.97 Å². The number of ether oxygens (including phenoxy) is 3. The van der Waals surface area contributed by atoms with Gasteiger partial charge in [-0.15, -0.1) is 0 Å². The summed E-state index contributed by atoms with van der Waals surface area (Å²) in [6, 6.07) is 9.73. The summed E-state index contributed by atoms with van der Waals surface area (Å²) >= 11 is 0. The normalized spacial score (nSPS) is 23.5. The minimum atomic E-state index is -2.44. The molecule has 0 saturated carbocycles. The zero-order chi connectivity index (χ0) is 25.0. The largest absolute Gasteiger partial charge is 0.467 e. The van der Waals surface area contributed by atoms with Crippen LogP contribution in [0.15, 0.2) is 30.3 Å². The van der Waals surface area contributed by atoms with Crippen molar-refractivity contribution in [3.63, 3.8) is 0 Å². The van der Waals surface area contributed by atoms with Gasteiger partial charge in [-0.2, -0.15) is 0 Å². The summed E-state index contributed by atoms with van der Waals surface area (Å²) in [4.78, 5) is 13.5. The van der Waals surface area contributed by atoms with E-state index in [4.69, 9.17) is 18.6 Å². The van der Waals surface area contributed by atoms with E-state index in [1.165, 1.54) is 7.11 Å². The zero-order valence-electron chi connectivity index (χ0n) is 22.0. The molecule has 1 aliphatic heterocycles. The average Bonchev–Trinajstić information content (AvgIpc) is 3.04. The van der Waals surface area contributed by atoms with E-state index in [9.17, 15) is 4.79 Å². The van der Waals surface area contributed by atoms with Crippen LogP contribution in [0.3, 0.4) is 0 Å². The molecular formula is C27H42O5Si. The predicted molar refractivity (Wildman–Crippen MR) is 134 cm³/mol. The van der Waals surface area contributed by atoms with Crippen LogP contribution >= 0.6 is 0 Å². The van der Waals surface area contributed by atoms with E-state index in [0.29, 0.717) is 23.0 Å². The molecule has 2 rings (SSSR count). The summed E-state index contributed by atoms with van der Waals surface area (Å²) in [5.41, 5.74) is 0.297. The van der Waals surface area contributed by atoms with Gasteiger partial charge in [0.25, 0.3) is 0 Å². The molecule has 1 saturated heterocycles. The summed E-state index contributed by atoms with van der Waals surface area (Å²) in [6.45, 7) is 18.9. The van der Waals surface area contributed by atoms with Crippen molar-refractivity contribution in [3.8, 4) is 11.8 Å². The Morgan fingerprint density at radius 2 is 1.61 bits per heavy atom. The number of esters is 1. The van der Waals surface area contributed by atoms with Crippen molar-refractivity contribution in [1.82, 2.24) is 0 Å². The van der Waals surface area contributed by atoms with Gasteiger partial charge in [0.1, 0.15) is 6.10 Å². The number of carbonyl (C=O) groups is 1. The van der Waals surface area contributed by atoms with Gasteiger partial charge in [0.15, 0.2) is 11.9 Å². The molecule has 33 heavy (non-hydrogen) atoms. The minimum absolute atomic E-state index is 0.309. The second-order valence-electron chi connectivity index (χ2n) is 10.3. The van der Waals surface area contributed by atoms with Crippen molar-refractivity contribution in [2.24, 2.45) is 0 Å². The second-order valence-corrected chi connectivity index (χ2v) is 15.7. The molecule has 0 N–H and O–H groups in total. The van der Waals surface area contributed by atoms with Crippen molar-refractivity contribution < 1.29 is 23.4 Å². The smallest absolute Gasteiger partial charge is 0.344 e. The SMILES string of the molecule is CC[C@@H]1OC(C)(C)O[C@@]1(C(=O)OC)[C@H](C#Cc1ccccc1)O[Si](C(C)C)(C(C)C)C(C)C. The second kappa shape index (κ2) is 10.7.